The summed E-state index contributed by atoms with van der Waals surface area (Å²) in [4.78, 5) is 12.8. The number of para-hydroxylation sites is 1. The van der Waals surface area contributed by atoms with E-state index in [0.717, 1.165) is 11.3 Å². The summed E-state index contributed by atoms with van der Waals surface area (Å²) in [6, 6.07) is 18.6. The lowest BCUT2D eigenvalue weighted by Crippen LogP contribution is -2.22. The fourth-order valence-electron chi connectivity index (χ4n) is 3.09. The Morgan fingerprint density at radius 2 is 1.97 bits per heavy atom. The quantitative estimate of drug-likeness (QED) is 0.333. The molecule has 166 valence electrons. The van der Waals surface area contributed by atoms with Crippen LogP contribution in [0.5, 0.6) is 5.75 Å². The van der Waals surface area contributed by atoms with Gasteiger partial charge in [-0.25, -0.2) is 0 Å². The van der Waals surface area contributed by atoms with Crippen LogP contribution in [0.1, 0.15) is 12.5 Å². The largest absolute Gasteiger partial charge is 0.496 e. The highest BCUT2D eigenvalue weighted by Gasteiger charge is 2.24. The molecule has 2 aromatic carbocycles. The molecule has 2 heterocycles. The number of methoxy groups -OCH3 is 1. The lowest BCUT2D eigenvalue weighted by molar-refractivity contribution is -0.115. The monoisotopic (exact) mass is 495 g/mol. The SMILES string of the molecule is COc1ccccc1-c1nnc(SC(C)C(=O)Nc2sccc2C#N)n1-c1ccc(Cl)cc1. The van der Waals surface area contributed by atoms with Crippen LogP contribution >= 0.6 is 34.7 Å². The highest BCUT2D eigenvalue weighted by molar-refractivity contribution is 8.00. The maximum Gasteiger partial charge on any atom is 0.238 e. The van der Waals surface area contributed by atoms with Crippen LogP contribution in [-0.2, 0) is 4.79 Å². The number of thioether (sulfide) groups is 1. The summed E-state index contributed by atoms with van der Waals surface area (Å²) >= 11 is 8.67. The maximum atomic E-state index is 12.8. The number of halogens is 1. The van der Waals surface area contributed by atoms with Crippen molar-refractivity contribution in [1.29, 1.82) is 5.26 Å². The molecule has 0 aliphatic heterocycles. The van der Waals surface area contributed by atoms with E-state index in [9.17, 15) is 10.1 Å². The second-order valence-electron chi connectivity index (χ2n) is 6.84. The molecule has 4 aromatic rings. The molecule has 1 atom stereocenters. The van der Waals surface area contributed by atoms with Gasteiger partial charge >= 0.3 is 0 Å². The van der Waals surface area contributed by atoms with Crippen LogP contribution < -0.4 is 10.1 Å². The van der Waals surface area contributed by atoms with E-state index in [1.807, 2.05) is 41.0 Å². The Hall–Kier alpha value is -3.32. The molecular formula is C23H18ClN5O2S2. The molecular weight excluding hydrogens is 478 g/mol. The maximum absolute atomic E-state index is 12.8. The van der Waals surface area contributed by atoms with Crippen molar-refractivity contribution in [3.05, 3.63) is 70.6 Å². The van der Waals surface area contributed by atoms with Crippen molar-refractivity contribution >= 4 is 45.6 Å². The Morgan fingerprint density at radius 1 is 1.21 bits per heavy atom. The van der Waals surface area contributed by atoms with E-state index in [-0.39, 0.29) is 5.91 Å². The molecule has 0 bridgehead atoms. The minimum atomic E-state index is -0.501. The van der Waals surface area contributed by atoms with Gasteiger partial charge in [0.2, 0.25) is 5.91 Å². The fraction of sp³-hybridized carbons (Fsp3) is 0.130. The summed E-state index contributed by atoms with van der Waals surface area (Å²) in [6.07, 6.45) is 0. The van der Waals surface area contributed by atoms with Crippen molar-refractivity contribution in [2.45, 2.75) is 17.3 Å². The molecule has 1 unspecified atom stereocenters. The molecule has 33 heavy (non-hydrogen) atoms. The third kappa shape index (κ3) is 4.88. The smallest absolute Gasteiger partial charge is 0.238 e. The van der Waals surface area contributed by atoms with Gasteiger partial charge in [0.25, 0.3) is 0 Å². The van der Waals surface area contributed by atoms with Gasteiger partial charge in [0.1, 0.15) is 16.8 Å². The summed E-state index contributed by atoms with van der Waals surface area (Å²) in [7, 11) is 1.60. The highest BCUT2D eigenvalue weighted by atomic mass is 35.5. The third-order valence-corrected chi connectivity index (χ3v) is 6.86. The van der Waals surface area contributed by atoms with Crippen LogP contribution in [0.25, 0.3) is 17.1 Å². The number of nitrogens with zero attached hydrogens (tertiary/aromatic N) is 4. The van der Waals surface area contributed by atoms with Gasteiger partial charge in [0, 0.05) is 10.7 Å². The molecule has 0 radical (unpaired) electrons. The van der Waals surface area contributed by atoms with E-state index in [1.54, 1.807) is 37.6 Å². The van der Waals surface area contributed by atoms with Crippen LogP contribution in [0.3, 0.4) is 0 Å². The molecule has 4 rings (SSSR count). The van der Waals surface area contributed by atoms with Gasteiger partial charge in [0.15, 0.2) is 11.0 Å². The van der Waals surface area contributed by atoms with Gasteiger partial charge in [-0.2, -0.15) is 5.26 Å². The molecule has 0 saturated heterocycles. The Labute approximate surface area is 204 Å². The first kappa shape index (κ1) is 22.9. The number of hydrogen-bond acceptors (Lipinski definition) is 7. The van der Waals surface area contributed by atoms with Gasteiger partial charge in [-0.15, -0.1) is 21.5 Å². The predicted octanol–water partition coefficient (Wildman–Crippen LogP) is 5.65. The van der Waals surface area contributed by atoms with Gasteiger partial charge in [-0.1, -0.05) is 35.5 Å². The number of benzene rings is 2. The lowest BCUT2D eigenvalue weighted by atomic mass is 10.2. The first-order valence-corrected chi connectivity index (χ1v) is 12.0. The van der Waals surface area contributed by atoms with Gasteiger partial charge in [-0.3, -0.25) is 9.36 Å². The zero-order chi connectivity index (χ0) is 23.4. The van der Waals surface area contributed by atoms with E-state index in [1.165, 1.54) is 23.1 Å². The predicted molar refractivity (Wildman–Crippen MR) is 131 cm³/mol. The number of carbonyl (C=O) groups excluding carboxylic acids is 1. The molecule has 1 N–H and O–H groups in total. The normalized spacial score (nSPS) is 11.6. The molecule has 0 fully saturated rings. The van der Waals surface area contributed by atoms with Crippen LogP contribution in [-0.4, -0.2) is 33.0 Å². The number of nitriles is 1. The lowest BCUT2D eigenvalue weighted by Gasteiger charge is -2.14. The number of hydrogen-bond donors (Lipinski definition) is 1. The van der Waals surface area contributed by atoms with E-state index in [2.05, 4.69) is 21.6 Å². The van der Waals surface area contributed by atoms with Crippen LogP contribution in [0, 0.1) is 11.3 Å². The number of amides is 1. The molecule has 7 nitrogen and oxygen atoms in total. The van der Waals surface area contributed by atoms with E-state index in [0.29, 0.717) is 32.3 Å². The zero-order valence-electron chi connectivity index (χ0n) is 17.7. The first-order chi connectivity index (χ1) is 16.0. The second-order valence-corrected chi connectivity index (χ2v) is 9.50. The number of carbonyl (C=O) groups is 1. The average molecular weight is 496 g/mol. The molecule has 2 aromatic heterocycles. The summed E-state index contributed by atoms with van der Waals surface area (Å²) < 4.78 is 7.39. The Balaban J connectivity index is 1.69. The number of thiophene rings is 1. The molecule has 10 heteroatoms. The first-order valence-electron chi connectivity index (χ1n) is 9.81. The Bertz CT molecular complexity index is 1330. The average Bonchev–Trinajstić information content (AvgIpc) is 3.46. The summed E-state index contributed by atoms with van der Waals surface area (Å²) in [6.45, 7) is 1.78. The van der Waals surface area contributed by atoms with Gasteiger partial charge in [0.05, 0.1) is 23.5 Å². The second kappa shape index (κ2) is 10.1. The Morgan fingerprint density at radius 3 is 2.70 bits per heavy atom. The van der Waals surface area contributed by atoms with Crippen LogP contribution in [0.4, 0.5) is 5.00 Å². The number of ether oxygens (including phenoxy) is 1. The van der Waals surface area contributed by atoms with Crippen molar-refractivity contribution in [1.82, 2.24) is 14.8 Å². The van der Waals surface area contributed by atoms with E-state index in [4.69, 9.17) is 16.3 Å². The summed E-state index contributed by atoms with van der Waals surface area (Å²) in [5, 5.41) is 23.7. The number of anilines is 1. The fourth-order valence-corrected chi connectivity index (χ4v) is 4.83. The number of nitrogens with one attached hydrogen (secondary N) is 1. The number of rotatable bonds is 7. The molecule has 0 aliphatic rings. The molecule has 0 saturated carbocycles. The molecule has 1 amide bonds. The van der Waals surface area contributed by atoms with Gasteiger partial charge in [-0.05, 0) is 54.8 Å². The van der Waals surface area contributed by atoms with Crippen molar-refractivity contribution in [3.8, 4) is 28.9 Å². The third-order valence-electron chi connectivity index (χ3n) is 4.74. The van der Waals surface area contributed by atoms with Gasteiger partial charge < -0.3 is 10.1 Å². The van der Waals surface area contributed by atoms with E-state index >= 15 is 0 Å². The van der Waals surface area contributed by atoms with E-state index < -0.39 is 5.25 Å². The molecule has 0 aliphatic carbocycles. The topological polar surface area (TPSA) is 92.8 Å². The van der Waals surface area contributed by atoms with Crippen molar-refractivity contribution in [2.75, 3.05) is 12.4 Å². The summed E-state index contributed by atoms with van der Waals surface area (Å²) in [5.74, 6) is 1.00. The Kier molecular flexibility index (Phi) is 6.99. The minimum Gasteiger partial charge on any atom is -0.496 e. The van der Waals surface area contributed by atoms with Crippen molar-refractivity contribution < 1.29 is 9.53 Å². The number of aromatic nitrogens is 3. The van der Waals surface area contributed by atoms with Crippen molar-refractivity contribution in [2.24, 2.45) is 0 Å². The minimum absolute atomic E-state index is 0.233. The van der Waals surface area contributed by atoms with Crippen LogP contribution in [0.15, 0.2) is 65.1 Å². The summed E-state index contributed by atoms with van der Waals surface area (Å²) in [5.41, 5.74) is 2.00. The van der Waals surface area contributed by atoms with Crippen molar-refractivity contribution in [3.63, 3.8) is 0 Å². The highest BCUT2D eigenvalue weighted by Crippen LogP contribution is 2.35. The van der Waals surface area contributed by atoms with Crippen LogP contribution in [0.2, 0.25) is 5.02 Å². The zero-order valence-corrected chi connectivity index (χ0v) is 20.0. The molecule has 0 spiro atoms. The standard InChI is InChI=1S/C23H18ClN5O2S2/c1-14(21(30)26-22-15(13-25)11-12-32-22)33-23-28-27-20(18-5-3-4-6-19(18)31-2)29(23)17-9-7-16(24)8-10-17/h3-12,14H,1-2H3,(H,26,30).